The molecule has 2 heterocycles. The first-order valence-electron chi connectivity index (χ1n) is 11.7. The van der Waals surface area contributed by atoms with Gasteiger partial charge >= 0.3 is 0 Å². The first kappa shape index (κ1) is 24.2. The fraction of sp³-hybridized carbons (Fsp3) is 0.179. The van der Waals surface area contributed by atoms with E-state index >= 15 is 0 Å². The van der Waals surface area contributed by atoms with Crippen LogP contribution in [0.4, 0.5) is 10.5 Å². The summed E-state index contributed by atoms with van der Waals surface area (Å²) < 4.78 is 0. The van der Waals surface area contributed by atoms with Gasteiger partial charge in [0.15, 0.2) is 0 Å². The Hall–Kier alpha value is -3.55. The molecule has 0 N–H and O–H groups in total. The van der Waals surface area contributed by atoms with Crippen LogP contribution in [-0.2, 0) is 11.3 Å². The molecule has 3 aromatic carbocycles. The zero-order valence-electron chi connectivity index (χ0n) is 19.5. The first-order chi connectivity index (χ1) is 17.5. The van der Waals surface area contributed by atoms with Crippen molar-refractivity contribution in [3.63, 3.8) is 0 Å². The Morgan fingerprint density at radius 1 is 0.889 bits per heavy atom. The van der Waals surface area contributed by atoms with Crippen molar-refractivity contribution in [2.45, 2.75) is 6.54 Å². The fourth-order valence-electron chi connectivity index (χ4n) is 4.32. The number of benzene rings is 3. The molecule has 0 bridgehead atoms. The molecule has 0 aromatic heterocycles. The number of imide groups is 1. The summed E-state index contributed by atoms with van der Waals surface area (Å²) in [5.41, 5.74) is 3.33. The van der Waals surface area contributed by atoms with Crippen molar-refractivity contribution in [3.05, 3.63) is 105 Å². The van der Waals surface area contributed by atoms with Gasteiger partial charge in [0.1, 0.15) is 0 Å². The van der Waals surface area contributed by atoms with Crippen molar-refractivity contribution in [2.24, 2.45) is 0 Å². The number of thioether (sulfide) groups is 1. The molecule has 0 spiro atoms. The van der Waals surface area contributed by atoms with Crippen molar-refractivity contribution in [3.8, 4) is 0 Å². The molecule has 3 amide bonds. The Bertz CT molecular complexity index is 1320. The van der Waals surface area contributed by atoms with Gasteiger partial charge in [-0.15, -0.1) is 0 Å². The SMILES string of the molecule is O=C(c1ccc(/C=C2\SC(=O)N(Cc3cccc(Cl)c3)C2=O)cc1)N1CCN(c2ccccc2)CC1. The fourth-order valence-corrected chi connectivity index (χ4v) is 5.37. The molecule has 2 fully saturated rings. The second-order valence-electron chi connectivity index (χ2n) is 8.63. The van der Waals surface area contributed by atoms with Crippen LogP contribution in [0.15, 0.2) is 83.8 Å². The summed E-state index contributed by atoms with van der Waals surface area (Å²) in [6, 6.07) is 24.5. The topological polar surface area (TPSA) is 60.9 Å². The van der Waals surface area contributed by atoms with Gasteiger partial charge in [-0.05, 0) is 65.4 Å². The van der Waals surface area contributed by atoms with E-state index in [1.54, 1.807) is 48.5 Å². The lowest BCUT2D eigenvalue weighted by Crippen LogP contribution is -2.48. The van der Waals surface area contributed by atoms with E-state index in [-0.39, 0.29) is 23.6 Å². The number of halogens is 1. The lowest BCUT2D eigenvalue weighted by Gasteiger charge is -2.36. The predicted molar refractivity (Wildman–Crippen MR) is 144 cm³/mol. The number of hydrogen-bond donors (Lipinski definition) is 0. The van der Waals surface area contributed by atoms with E-state index in [1.807, 2.05) is 29.2 Å². The molecule has 8 heteroatoms. The molecular weight excluding hydrogens is 494 g/mol. The van der Waals surface area contributed by atoms with E-state index in [1.165, 1.54) is 10.6 Å². The van der Waals surface area contributed by atoms with Crippen LogP contribution < -0.4 is 4.90 Å². The molecule has 0 atom stereocenters. The Balaban J connectivity index is 1.21. The molecule has 0 aliphatic carbocycles. The number of anilines is 1. The van der Waals surface area contributed by atoms with Gasteiger partial charge in [-0.25, -0.2) is 0 Å². The standard InChI is InChI=1S/C28H24ClN3O3S/c29-23-6-4-5-21(17-23)19-32-27(34)25(36-28(32)35)18-20-9-11-22(12-10-20)26(33)31-15-13-30(14-16-31)24-7-2-1-3-8-24/h1-12,17-18H,13-16,19H2/b25-18-. The third-order valence-electron chi connectivity index (χ3n) is 6.25. The number of rotatable bonds is 5. The van der Waals surface area contributed by atoms with Crippen LogP contribution >= 0.6 is 23.4 Å². The second-order valence-corrected chi connectivity index (χ2v) is 10.1. The van der Waals surface area contributed by atoms with E-state index in [9.17, 15) is 14.4 Å². The van der Waals surface area contributed by atoms with E-state index < -0.39 is 0 Å². The molecule has 2 saturated heterocycles. The van der Waals surface area contributed by atoms with E-state index in [0.717, 1.165) is 36.0 Å². The second kappa shape index (κ2) is 10.6. The molecule has 0 saturated carbocycles. The third-order valence-corrected chi connectivity index (χ3v) is 7.39. The van der Waals surface area contributed by atoms with E-state index in [2.05, 4.69) is 17.0 Å². The highest BCUT2D eigenvalue weighted by Gasteiger charge is 2.35. The average Bonchev–Trinajstić information content (AvgIpc) is 3.16. The van der Waals surface area contributed by atoms with E-state index in [0.29, 0.717) is 28.6 Å². The van der Waals surface area contributed by atoms with Crippen LogP contribution in [0.5, 0.6) is 0 Å². The summed E-state index contributed by atoms with van der Waals surface area (Å²) in [4.78, 5) is 44.0. The van der Waals surface area contributed by atoms with Gasteiger partial charge < -0.3 is 9.80 Å². The summed E-state index contributed by atoms with van der Waals surface area (Å²) in [5.74, 6) is -0.336. The van der Waals surface area contributed by atoms with Crippen molar-refractivity contribution in [2.75, 3.05) is 31.1 Å². The minimum Gasteiger partial charge on any atom is -0.368 e. The van der Waals surface area contributed by atoms with Crippen molar-refractivity contribution in [1.82, 2.24) is 9.80 Å². The lowest BCUT2D eigenvalue weighted by atomic mass is 10.1. The zero-order chi connectivity index (χ0) is 25.1. The van der Waals surface area contributed by atoms with Crippen molar-refractivity contribution >= 4 is 52.2 Å². The van der Waals surface area contributed by atoms with Crippen LogP contribution in [0.3, 0.4) is 0 Å². The number of amides is 3. The first-order valence-corrected chi connectivity index (χ1v) is 12.9. The maximum atomic E-state index is 13.0. The van der Waals surface area contributed by atoms with Gasteiger partial charge in [-0.3, -0.25) is 19.3 Å². The normalized spacial score (nSPS) is 17.2. The summed E-state index contributed by atoms with van der Waals surface area (Å²) in [5, 5.41) is 0.246. The molecule has 5 rings (SSSR count). The monoisotopic (exact) mass is 517 g/mol. The Kier molecular flexibility index (Phi) is 7.11. The molecule has 0 unspecified atom stereocenters. The number of hydrogen-bond acceptors (Lipinski definition) is 5. The summed E-state index contributed by atoms with van der Waals surface area (Å²) in [6.07, 6.45) is 1.69. The number of carbonyl (C=O) groups excluding carboxylic acids is 3. The predicted octanol–water partition coefficient (Wildman–Crippen LogP) is 5.54. The van der Waals surface area contributed by atoms with Gasteiger partial charge in [-0.2, -0.15) is 0 Å². The number of carbonyl (C=O) groups is 3. The number of para-hydroxylation sites is 1. The number of nitrogens with zero attached hydrogens (tertiary/aromatic N) is 3. The Morgan fingerprint density at radius 3 is 2.31 bits per heavy atom. The Labute approximate surface area is 219 Å². The van der Waals surface area contributed by atoms with Crippen LogP contribution in [0, 0.1) is 0 Å². The highest BCUT2D eigenvalue weighted by molar-refractivity contribution is 8.18. The maximum absolute atomic E-state index is 13.0. The van der Waals surface area contributed by atoms with Crippen molar-refractivity contribution in [1.29, 1.82) is 0 Å². The van der Waals surface area contributed by atoms with Gasteiger partial charge in [0.2, 0.25) is 0 Å². The summed E-state index contributed by atoms with van der Waals surface area (Å²) in [6.45, 7) is 3.08. The largest absolute Gasteiger partial charge is 0.368 e. The van der Waals surface area contributed by atoms with Gasteiger partial charge in [0, 0.05) is 42.5 Å². The minimum atomic E-state index is -0.332. The van der Waals surface area contributed by atoms with E-state index in [4.69, 9.17) is 11.6 Å². The molecule has 182 valence electrons. The lowest BCUT2D eigenvalue weighted by molar-refractivity contribution is -0.123. The van der Waals surface area contributed by atoms with Crippen LogP contribution in [0.25, 0.3) is 6.08 Å². The molecule has 36 heavy (non-hydrogen) atoms. The highest BCUT2D eigenvalue weighted by Crippen LogP contribution is 2.33. The molecule has 2 aliphatic heterocycles. The van der Waals surface area contributed by atoms with Gasteiger partial charge in [0.25, 0.3) is 17.1 Å². The van der Waals surface area contributed by atoms with Crippen LogP contribution in [-0.4, -0.2) is 53.0 Å². The van der Waals surface area contributed by atoms with Gasteiger partial charge in [0.05, 0.1) is 11.4 Å². The van der Waals surface area contributed by atoms with Crippen LogP contribution in [0.2, 0.25) is 5.02 Å². The molecule has 6 nitrogen and oxygen atoms in total. The third kappa shape index (κ3) is 5.32. The smallest absolute Gasteiger partial charge is 0.293 e. The van der Waals surface area contributed by atoms with Crippen molar-refractivity contribution < 1.29 is 14.4 Å². The molecular formula is C28H24ClN3O3S. The summed E-state index contributed by atoms with van der Waals surface area (Å²) >= 11 is 6.94. The van der Waals surface area contributed by atoms with Gasteiger partial charge in [-0.1, -0.05) is 54.1 Å². The summed E-state index contributed by atoms with van der Waals surface area (Å²) in [7, 11) is 0. The highest BCUT2D eigenvalue weighted by atomic mass is 35.5. The Morgan fingerprint density at radius 2 is 1.61 bits per heavy atom. The molecule has 3 aromatic rings. The molecule has 2 aliphatic rings. The quantitative estimate of drug-likeness (QED) is 0.416. The van der Waals surface area contributed by atoms with Crippen LogP contribution in [0.1, 0.15) is 21.5 Å². The zero-order valence-corrected chi connectivity index (χ0v) is 21.0. The molecule has 0 radical (unpaired) electrons. The number of piperazine rings is 1. The minimum absolute atomic E-state index is 0.00360. The maximum Gasteiger partial charge on any atom is 0.293 e. The average molecular weight is 518 g/mol.